The minimum absolute atomic E-state index is 0.00319. The van der Waals surface area contributed by atoms with Crippen LogP contribution < -0.4 is 5.32 Å². The van der Waals surface area contributed by atoms with Gasteiger partial charge in [0.1, 0.15) is 5.82 Å². The number of nitrogens with one attached hydrogen (secondary N) is 1. The van der Waals surface area contributed by atoms with E-state index in [2.05, 4.69) is 11.4 Å². The topological polar surface area (TPSA) is 104 Å². The maximum atomic E-state index is 13.8. The van der Waals surface area contributed by atoms with Crippen molar-refractivity contribution in [3.63, 3.8) is 0 Å². The Morgan fingerprint density at radius 1 is 1.00 bits per heavy atom. The molecule has 0 bridgehead atoms. The van der Waals surface area contributed by atoms with Crippen molar-refractivity contribution in [3.05, 3.63) is 106 Å². The van der Waals surface area contributed by atoms with Gasteiger partial charge in [-0.25, -0.2) is 12.8 Å². The average Bonchev–Trinajstić information content (AvgIpc) is 3.32. The highest BCUT2D eigenvalue weighted by Crippen LogP contribution is 2.37. The standard InChI is InChI=1S/C28H21FN2O4S2/c1-2-37(34,35)23-11-9-18(10-12-23)14-25(32)31-26-16-24(20-6-3-5-19(13-20)17-30)28(36-26)27(33)21-7-4-8-22(29)15-21/h3-13,15-16H,2,14H2,1H3,(H,31,32). The number of nitrogens with zero attached hydrogens (tertiary/aromatic N) is 1. The van der Waals surface area contributed by atoms with Crippen LogP contribution in [0.2, 0.25) is 0 Å². The summed E-state index contributed by atoms with van der Waals surface area (Å²) >= 11 is 1.06. The number of thiophene rings is 1. The maximum absolute atomic E-state index is 13.8. The Hall–Kier alpha value is -4.13. The fourth-order valence-corrected chi connectivity index (χ4v) is 5.64. The third-order valence-corrected chi connectivity index (χ3v) is 8.42. The lowest BCUT2D eigenvalue weighted by Gasteiger charge is -2.05. The Morgan fingerprint density at radius 3 is 2.41 bits per heavy atom. The first-order chi connectivity index (χ1) is 17.7. The van der Waals surface area contributed by atoms with Crippen LogP contribution in [0.25, 0.3) is 11.1 Å². The van der Waals surface area contributed by atoms with Gasteiger partial charge in [-0.15, -0.1) is 11.3 Å². The highest BCUT2D eigenvalue weighted by molar-refractivity contribution is 7.91. The number of anilines is 1. The number of amides is 1. The number of carbonyl (C=O) groups excluding carboxylic acids is 2. The number of rotatable bonds is 8. The molecule has 4 rings (SSSR count). The molecular weight excluding hydrogens is 511 g/mol. The number of nitriles is 1. The van der Waals surface area contributed by atoms with Crippen molar-refractivity contribution >= 4 is 37.9 Å². The van der Waals surface area contributed by atoms with Crippen LogP contribution in [0.5, 0.6) is 0 Å². The van der Waals surface area contributed by atoms with Crippen LogP contribution in [0.4, 0.5) is 9.39 Å². The Kier molecular flexibility index (Phi) is 7.62. The van der Waals surface area contributed by atoms with Crippen LogP contribution >= 0.6 is 11.3 Å². The van der Waals surface area contributed by atoms with Gasteiger partial charge < -0.3 is 5.32 Å². The molecule has 1 amide bonds. The monoisotopic (exact) mass is 532 g/mol. The van der Waals surface area contributed by atoms with Crippen LogP contribution in [-0.2, 0) is 21.1 Å². The molecule has 0 aliphatic carbocycles. The Morgan fingerprint density at radius 2 is 1.73 bits per heavy atom. The number of halogens is 1. The second-order valence-corrected chi connectivity index (χ2v) is 11.5. The van der Waals surface area contributed by atoms with E-state index in [1.807, 2.05) is 0 Å². The second kappa shape index (κ2) is 10.9. The quantitative estimate of drug-likeness (QED) is 0.296. The molecule has 1 heterocycles. The average molecular weight is 533 g/mol. The number of hydrogen-bond acceptors (Lipinski definition) is 6. The molecule has 1 N–H and O–H groups in total. The normalized spacial score (nSPS) is 11.1. The predicted molar refractivity (Wildman–Crippen MR) is 141 cm³/mol. The van der Waals surface area contributed by atoms with E-state index in [1.54, 1.807) is 49.4 Å². The molecule has 0 atom stereocenters. The first-order valence-corrected chi connectivity index (χ1v) is 13.7. The maximum Gasteiger partial charge on any atom is 0.229 e. The Bertz CT molecular complexity index is 1640. The van der Waals surface area contributed by atoms with E-state index in [0.29, 0.717) is 32.1 Å². The second-order valence-electron chi connectivity index (χ2n) is 8.16. The summed E-state index contributed by atoms with van der Waals surface area (Å²) in [6, 6.07) is 22.0. The summed E-state index contributed by atoms with van der Waals surface area (Å²) < 4.78 is 37.8. The van der Waals surface area contributed by atoms with Gasteiger partial charge in [-0.3, -0.25) is 9.59 Å². The minimum Gasteiger partial charge on any atom is -0.317 e. The smallest absolute Gasteiger partial charge is 0.229 e. The van der Waals surface area contributed by atoms with Gasteiger partial charge in [0.05, 0.1) is 38.6 Å². The van der Waals surface area contributed by atoms with Crippen molar-refractivity contribution in [1.82, 2.24) is 0 Å². The molecule has 0 aliphatic heterocycles. The first-order valence-electron chi connectivity index (χ1n) is 11.3. The third-order valence-electron chi connectivity index (χ3n) is 5.62. The van der Waals surface area contributed by atoms with E-state index < -0.39 is 21.4 Å². The molecule has 9 heteroatoms. The molecule has 0 aliphatic rings. The Balaban J connectivity index is 1.62. The molecule has 0 radical (unpaired) electrons. The fraction of sp³-hybridized carbons (Fsp3) is 0.107. The lowest BCUT2D eigenvalue weighted by molar-refractivity contribution is -0.115. The minimum atomic E-state index is -3.33. The summed E-state index contributed by atoms with van der Waals surface area (Å²) in [5.41, 5.74) is 2.33. The van der Waals surface area contributed by atoms with E-state index in [9.17, 15) is 27.7 Å². The summed E-state index contributed by atoms with van der Waals surface area (Å²) in [4.78, 5) is 26.5. The summed E-state index contributed by atoms with van der Waals surface area (Å²) in [6.07, 6.45) is -0.00319. The van der Waals surface area contributed by atoms with Crippen LogP contribution in [0.3, 0.4) is 0 Å². The molecule has 0 fully saturated rings. The van der Waals surface area contributed by atoms with Crippen LogP contribution in [0, 0.1) is 17.1 Å². The zero-order chi connectivity index (χ0) is 26.6. The number of sulfone groups is 1. The van der Waals surface area contributed by atoms with E-state index in [-0.39, 0.29) is 28.5 Å². The van der Waals surface area contributed by atoms with Gasteiger partial charge in [-0.05, 0) is 53.6 Å². The van der Waals surface area contributed by atoms with Crippen molar-refractivity contribution in [2.75, 3.05) is 11.1 Å². The zero-order valence-electron chi connectivity index (χ0n) is 19.7. The van der Waals surface area contributed by atoms with Crippen LogP contribution in [0.15, 0.2) is 83.8 Å². The number of benzene rings is 3. The summed E-state index contributed by atoms with van der Waals surface area (Å²) in [5.74, 6) is -1.31. The number of ketones is 1. The van der Waals surface area contributed by atoms with E-state index in [0.717, 1.165) is 17.4 Å². The molecule has 3 aromatic carbocycles. The fourth-order valence-electron chi connectivity index (χ4n) is 3.70. The van der Waals surface area contributed by atoms with Gasteiger partial charge in [-0.1, -0.05) is 43.3 Å². The molecule has 0 saturated heterocycles. The highest BCUT2D eigenvalue weighted by Gasteiger charge is 2.21. The summed E-state index contributed by atoms with van der Waals surface area (Å²) in [5, 5.41) is 12.5. The predicted octanol–water partition coefficient (Wildman–Crippen LogP) is 5.63. The van der Waals surface area contributed by atoms with Gasteiger partial charge in [-0.2, -0.15) is 5.26 Å². The largest absolute Gasteiger partial charge is 0.317 e. The van der Waals surface area contributed by atoms with Crippen molar-refractivity contribution in [1.29, 1.82) is 5.26 Å². The van der Waals surface area contributed by atoms with E-state index >= 15 is 0 Å². The SMILES string of the molecule is CCS(=O)(=O)c1ccc(CC(=O)Nc2cc(-c3cccc(C#N)c3)c(C(=O)c3cccc(F)c3)s2)cc1. The summed E-state index contributed by atoms with van der Waals surface area (Å²) in [7, 11) is -3.33. The van der Waals surface area contributed by atoms with Gasteiger partial charge in [0.25, 0.3) is 0 Å². The van der Waals surface area contributed by atoms with E-state index in [4.69, 9.17) is 0 Å². The molecule has 0 saturated carbocycles. The number of carbonyl (C=O) groups is 2. The third kappa shape index (κ3) is 6.00. The lowest BCUT2D eigenvalue weighted by Crippen LogP contribution is -2.13. The Labute approximate surface area is 217 Å². The van der Waals surface area contributed by atoms with Crippen LogP contribution in [-0.4, -0.2) is 25.9 Å². The number of hydrogen-bond donors (Lipinski definition) is 1. The molecule has 4 aromatic rings. The summed E-state index contributed by atoms with van der Waals surface area (Å²) in [6.45, 7) is 1.57. The van der Waals surface area contributed by atoms with Crippen molar-refractivity contribution < 1.29 is 22.4 Å². The molecule has 6 nitrogen and oxygen atoms in total. The molecule has 186 valence electrons. The van der Waals surface area contributed by atoms with Crippen molar-refractivity contribution in [3.8, 4) is 17.2 Å². The van der Waals surface area contributed by atoms with Gasteiger partial charge in [0, 0.05) is 11.1 Å². The van der Waals surface area contributed by atoms with Crippen molar-refractivity contribution in [2.24, 2.45) is 0 Å². The highest BCUT2D eigenvalue weighted by atomic mass is 32.2. The van der Waals surface area contributed by atoms with Gasteiger partial charge >= 0.3 is 0 Å². The van der Waals surface area contributed by atoms with E-state index in [1.165, 1.54) is 30.3 Å². The molecule has 0 spiro atoms. The van der Waals surface area contributed by atoms with Crippen molar-refractivity contribution in [2.45, 2.75) is 18.2 Å². The molecule has 0 unspecified atom stereocenters. The van der Waals surface area contributed by atoms with Crippen LogP contribution in [0.1, 0.15) is 33.3 Å². The zero-order valence-corrected chi connectivity index (χ0v) is 21.3. The first kappa shape index (κ1) is 25.9. The molecular formula is C28H21FN2O4S2. The van der Waals surface area contributed by atoms with Gasteiger partial charge in [0.15, 0.2) is 9.84 Å². The lowest BCUT2D eigenvalue weighted by atomic mass is 10.00. The molecule has 1 aromatic heterocycles. The molecule has 37 heavy (non-hydrogen) atoms. The van der Waals surface area contributed by atoms with Gasteiger partial charge in [0.2, 0.25) is 11.7 Å².